The smallest absolute Gasteiger partial charge is 0.328 e. The van der Waals surface area contributed by atoms with Crippen LogP contribution in [0.4, 0.5) is 0 Å². The maximum Gasteiger partial charge on any atom is 0.328 e. The number of aromatic nitrogens is 1. The Labute approximate surface area is 140 Å². The Morgan fingerprint density at radius 1 is 1.46 bits per heavy atom. The van der Waals surface area contributed by atoms with Crippen LogP contribution < -0.4 is 4.74 Å². The molecule has 1 aliphatic rings. The van der Waals surface area contributed by atoms with Gasteiger partial charge in [0.05, 0.1) is 6.61 Å². The molecule has 0 spiro atoms. The van der Waals surface area contributed by atoms with Crippen LogP contribution in [0.5, 0.6) is 11.5 Å². The number of ether oxygens (including phenoxy) is 1. The molecule has 24 heavy (non-hydrogen) atoms. The number of phenolic OH excluding ortho intramolecular Hbond substituents is 1. The highest BCUT2D eigenvalue weighted by Crippen LogP contribution is 2.42. The number of carbonyl (C=O) groups is 1. The third-order valence-corrected chi connectivity index (χ3v) is 4.24. The van der Waals surface area contributed by atoms with E-state index >= 15 is 0 Å². The fraction of sp³-hybridized carbons (Fsp3) is 0.263. The molecule has 1 aromatic carbocycles. The van der Waals surface area contributed by atoms with Crippen LogP contribution in [0.15, 0.2) is 30.6 Å². The first-order chi connectivity index (χ1) is 11.6. The van der Waals surface area contributed by atoms with Gasteiger partial charge in [-0.2, -0.15) is 0 Å². The van der Waals surface area contributed by atoms with Gasteiger partial charge < -0.3 is 14.9 Å². The Morgan fingerprint density at radius 3 is 3.00 bits per heavy atom. The number of aromatic hydroxyl groups is 1. The van der Waals surface area contributed by atoms with Gasteiger partial charge in [0.25, 0.3) is 0 Å². The molecule has 0 saturated heterocycles. The third-order valence-electron chi connectivity index (χ3n) is 4.24. The summed E-state index contributed by atoms with van der Waals surface area (Å²) in [4.78, 5) is 15.0. The number of rotatable bonds is 4. The van der Waals surface area contributed by atoms with Gasteiger partial charge in [-0.1, -0.05) is 6.07 Å². The Morgan fingerprint density at radius 2 is 2.29 bits per heavy atom. The predicted octanol–water partition coefficient (Wildman–Crippen LogP) is 3.11. The van der Waals surface area contributed by atoms with Gasteiger partial charge in [0.1, 0.15) is 11.5 Å². The number of nitrogens with zero attached hydrogens (tertiary/aromatic N) is 1. The van der Waals surface area contributed by atoms with Crippen molar-refractivity contribution in [2.75, 3.05) is 6.61 Å². The second kappa shape index (κ2) is 6.74. The summed E-state index contributed by atoms with van der Waals surface area (Å²) in [5, 5.41) is 19.7. The van der Waals surface area contributed by atoms with Gasteiger partial charge in [-0.3, -0.25) is 4.98 Å². The van der Waals surface area contributed by atoms with E-state index in [9.17, 15) is 9.90 Å². The van der Waals surface area contributed by atoms with E-state index in [2.05, 4.69) is 4.98 Å². The lowest BCUT2D eigenvalue weighted by molar-refractivity contribution is -0.131. The van der Waals surface area contributed by atoms with Crippen molar-refractivity contribution in [3.05, 3.63) is 58.4 Å². The molecule has 2 heterocycles. The molecule has 2 N–H and O–H groups in total. The van der Waals surface area contributed by atoms with Crippen LogP contribution in [0, 0.1) is 6.92 Å². The Hall–Kier alpha value is -2.82. The molecule has 2 aromatic rings. The molecule has 0 unspecified atom stereocenters. The minimum Gasteiger partial charge on any atom is -0.507 e. The summed E-state index contributed by atoms with van der Waals surface area (Å²) in [5.74, 6) is -0.165. The quantitative estimate of drug-likeness (QED) is 0.844. The van der Waals surface area contributed by atoms with Crippen molar-refractivity contribution < 1.29 is 19.7 Å². The Balaban J connectivity index is 2.15. The molecular weight excluding hydrogens is 306 g/mol. The number of benzene rings is 1. The van der Waals surface area contributed by atoms with Gasteiger partial charge >= 0.3 is 5.97 Å². The summed E-state index contributed by atoms with van der Waals surface area (Å²) in [7, 11) is 0. The molecule has 124 valence electrons. The average Bonchev–Trinajstić information content (AvgIpc) is 2.59. The fourth-order valence-corrected chi connectivity index (χ4v) is 3.11. The van der Waals surface area contributed by atoms with Crippen LogP contribution in [0.25, 0.3) is 6.08 Å². The van der Waals surface area contributed by atoms with Crippen molar-refractivity contribution in [1.82, 2.24) is 4.98 Å². The second-order valence-corrected chi connectivity index (χ2v) is 5.84. The number of aliphatic carboxylic acids is 1. The first-order valence-corrected chi connectivity index (χ1v) is 7.88. The molecule has 5 heteroatoms. The summed E-state index contributed by atoms with van der Waals surface area (Å²) < 4.78 is 5.83. The normalized spacial score (nSPS) is 13.5. The number of hydrogen-bond acceptors (Lipinski definition) is 4. The Kier molecular flexibility index (Phi) is 4.51. The van der Waals surface area contributed by atoms with E-state index in [1.54, 1.807) is 12.4 Å². The molecule has 0 amide bonds. The predicted molar refractivity (Wildman–Crippen MR) is 90.4 cm³/mol. The molecule has 0 saturated carbocycles. The van der Waals surface area contributed by atoms with Crippen molar-refractivity contribution in [1.29, 1.82) is 0 Å². The maximum atomic E-state index is 10.9. The van der Waals surface area contributed by atoms with E-state index in [-0.39, 0.29) is 5.75 Å². The van der Waals surface area contributed by atoms with E-state index in [1.807, 2.05) is 19.1 Å². The summed E-state index contributed by atoms with van der Waals surface area (Å²) >= 11 is 0. The minimum atomic E-state index is -1.05. The van der Waals surface area contributed by atoms with Crippen molar-refractivity contribution in [3.63, 3.8) is 0 Å². The highest BCUT2D eigenvalue weighted by atomic mass is 16.5. The van der Waals surface area contributed by atoms with Crippen molar-refractivity contribution >= 4 is 12.0 Å². The van der Waals surface area contributed by atoms with Gasteiger partial charge in [-0.05, 0) is 37.5 Å². The monoisotopic (exact) mass is 325 g/mol. The summed E-state index contributed by atoms with van der Waals surface area (Å²) in [6.45, 7) is 2.48. The van der Waals surface area contributed by atoms with Gasteiger partial charge in [0, 0.05) is 47.1 Å². The molecule has 0 radical (unpaired) electrons. The largest absolute Gasteiger partial charge is 0.507 e. The van der Waals surface area contributed by atoms with Gasteiger partial charge in [0.15, 0.2) is 0 Å². The van der Waals surface area contributed by atoms with Crippen LogP contribution in [0.3, 0.4) is 0 Å². The van der Waals surface area contributed by atoms with E-state index in [1.165, 1.54) is 6.08 Å². The highest BCUT2D eigenvalue weighted by molar-refractivity contribution is 5.87. The SMILES string of the molecule is Cc1c(/C=C/C(=O)O)c(O)c(Cc2cccnc2)c2c1OCCC2. The molecular formula is C19H19NO4. The zero-order chi connectivity index (χ0) is 17.1. The highest BCUT2D eigenvalue weighted by Gasteiger charge is 2.24. The van der Waals surface area contributed by atoms with E-state index < -0.39 is 5.97 Å². The molecule has 0 aliphatic carbocycles. The van der Waals surface area contributed by atoms with Crippen molar-refractivity contribution in [2.24, 2.45) is 0 Å². The Bertz CT molecular complexity index is 797. The van der Waals surface area contributed by atoms with Crippen LogP contribution in [-0.2, 0) is 17.6 Å². The number of carboxylic acids is 1. The molecule has 1 aromatic heterocycles. The van der Waals surface area contributed by atoms with Crippen molar-refractivity contribution in [2.45, 2.75) is 26.2 Å². The standard InChI is InChI=1S/C19H19NO4/c1-12-14(6-7-17(21)22)18(23)16(10-13-4-2-8-20-11-13)15-5-3-9-24-19(12)15/h2,4,6-8,11,23H,3,5,9-10H2,1H3,(H,21,22)/b7-6+. The number of hydrogen-bond donors (Lipinski definition) is 2. The molecule has 0 bridgehead atoms. The first kappa shape index (κ1) is 16.1. The minimum absolute atomic E-state index is 0.123. The number of pyridine rings is 1. The number of phenols is 1. The number of fused-ring (bicyclic) bond motifs is 1. The summed E-state index contributed by atoms with van der Waals surface area (Å²) in [5.41, 5.74) is 4.05. The van der Waals surface area contributed by atoms with Crippen LogP contribution in [-0.4, -0.2) is 27.8 Å². The third kappa shape index (κ3) is 3.11. The first-order valence-electron chi connectivity index (χ1n) is 7.88. The second-order valence-electron chi connectivity index (χ2n) is 5.84. The lowest BCUT2D eigenvalue weighted by Gasteiger charge is -2.25. The molecule has 1 aliphatic heterocycles. The average molecular weight is 325 g/mol. The van der Waals surface area contributed by atoms with E-state index in [4.69, 9.17) is 9.84 Å². The summed E-state index contributed by atoms with van der Waals surface area (Å²) in [6, 6.07) is 3.81. The zero-order valence-electron chi connectivity index (χ0n) is 13.5. The lowest BCUT2D eigenvalue weighted by Crippen LogP contribution is -2.13. The van der Waals surface area contributed by atoms with E-state index in [0.717, 1.165) is 46.9 Å². The van der Waals surface area contributed by atoms with Crippen molar-refractivity contribution in [3.8, 4) is 11.5 Å². The summed E-state index contributed by atoms with van der Waals surface area (Å²) in [6.07, 6.45) is 8.20. The number of carboxylic acid groups (broad SMARTS) is 1. The van der Waals surface area contributed by atoms with Gasteiger partial charge in [0.2, 0.25) is 0 Å². The maximum absolute atomic E-state index is 10.9. The topological polar surface area (TPSA) is 79.7 Å². The lowest BCUT2D eigenvalue weighted by atomic mass is 9.89. The van der Waals surface area contributed by atoms with E-state index in [0.29, 0.717) is 18.6 Å². The van der Waals surface area contributed by atoms with Gasteiger partial charge in [-0.15, -0.1) is 0 Å². The van der Waals surface area contributed by atoms with Crippen LogP contribution in [0.1, 0.15) is 34.2 Å². The van der Waals surface area contributed by atoms with Crippen LogP contribution in [0.2, 0.25) is 0 Å². The molecule has 0 fully saturated rings. The molecule has 0 atom stereocenters. The van der Waals surface area contributed by atoms with Crippen LogP contribution >= 0.6 is 0 Å². The zero-order valence-corrected chi connectivity index (χ0v) is 13.5. The van der Waals surface area contributed by atoms with Gasteiger partial charge in [-0.25, -0.2) is 4.79 Å². The molecule has 3 rings (SSSR count). The fourth-order valence-electron chi connectivity index (χ4n) is 3.11. The molecule has 5 nitrogen and oxygen atoms in total.